The number of nitrogen functional groups attached to an aromatic ring is 1. The fourth-order valence-corrected chi connectivity index (χ4v) is 0.974. The van der Waals surface area contributed by atoms with Crippen LogP contribution in [-0.2, 0) is 0 Å². The van der Waals surface area contributed by atoms with E-state index in [2.05, 4.69) is 32.8 Å². The average Bonchev–Trinajstić information content (AvgIpc) is 1.98. The summed E-state index contributed by atoms with van der Waals surface area (Å²) in [7, 11) is 0. The topological polar surface area (TPSA) is 38.9 Å². The van der Waals surface area contributed by atoms with Crippen LogP contribution in [0.4, 0.5) is 5.69 Å². The molecule has 11 heavy (non-hydrogen) atoms. The van der Waals surface area contributed by atoms with Crippen LogP contribution in [0.1, 0.15) is 12.6 Å². The molecule has 0 amide bonds. The Hall–Kier alpha value is -1.01. The highest BCUT2D eigenvalue weighted by atomic mass is 79.9. The summed E-state index contributed by atoms with van der Waals surface area (Å²) < 4.78 is 0.754. The Balaban J connectivity index is 3.19. The maximum absolute atomic E-state index is 5.59. The molecule has 1 rings (SSSR count). The summed E-state index contributed by atoms with van der Waals surface area (Å²) in [5.74, 6) is 5.54. The number of rotatable bonds is 0. The molecule has 0 unspecified atom stereocenters. The zero-order valence-corrected chi connectivity index (χ0v) is 7.64. The van der Waals surface area contributed by atoms with Crippen molar-refractivity contribution in [3.05, 3.63) is 22.4 Å². The Morgan fingerprint density at radius 2 is 2.27 bits per heavy atom. The van der Waals surface area contributed by atoms with E-state index in [0.717, 1.165) is 4.60 Å². The minimum absolute atomic E-state index is 0.613. The molecule has 1 heterocycles. The van der Waals surface area contributed by atoms with E-state index in [4.69, 9.17) is 5.73 Å². The summed E-state index contributed by atoms with van der Waals surface area (Å²) in [4.78, 5) is 4.08. The second-order valence-electron chi connectivity index (χ2n) is 1.95. The first-order valence-corrected chi connectivity index (χ1v) is 3.88. The summed E-state index contributed by atoms with van der Waals surface area (Å²) >= 11 is 3.23. The Labute approximate surface area is 74.0 Å². The van der Waals surface area contributed by atoms with Crippen molar-refractivity contribution in [2.45, 2.75) is 6.92 Å². The molecule has 0 aliphatic heterocycles. The van der Waals surface area contributed by atoms with Gasteiger partial charge in [-0.1, -0.05) is 5.92 Å². The van der Waals surface area contributed by atoms with Gasteiger partial charge in [0.05, 0.1) is 5.69 Å². The highest BCUT2D eigenvalue weighted by Crippen LogP contribution is 2.12. The number of aromatic nitrogens is 1. The molecule has 0 fully saturated rings. The van der Waals surface area contributed by atoms with Gasteiger partial charge in [-0.2, -0.15) is 0 Å². The van der Waals surface area contributed by atoms with Crippen LogP contribution in [0, 0.1) is 11.8 Å². The van der Waals surface area contributed by atoms with Crippen molar-refractivity contribution >= 4 is 21.6 Å². The Bertz CT molecular complexity index is 323. The number of hydrogen-bond acceptors (Lipinski definition) is 2. The maximum atomic E-state index is 5.59. The van der Waals surface area contributed by atoms with Crippen LogP contribution in [0.3, 0.4) is 0 Å². The van der Waals surface area contributed by atoms with E-state index in [0.29, 0.717) is 11.4 Å². The monoisotopic (exact) mass is 210 g/mol. The lowest BCUT2D eigenvalue weighted by Gasteiger charge is -1.96. The summed E-state index contributed by atoms with van der Waals surface area (Å²) in [5, 5.41) is 0. The van der Waals surface area contributed by atoms with E-state index < -0.39 is 0 Å². The van der Waals surface area contributed by atoms with Crippen LogP contribution >= 0.6 is 15.9 Å². The Kier molecular flexibility index (Phi) is 2.50. The van der Waals surface area contributed by atoms with Crippen molar-refractivity contribution in [1.29, 1.82) is 0 Å². The predicted octanol–water partition coefficient (Wildman–Crippen LogP) is 1.80. The number of nitrogens with two attached hydrogens (primary N) is 1. The number of pyridine rings is 1. The van der Waals surface area contributed by atoms with Gasteiger partial charge in [-0.25, -0.2) is 4.98 Å². The average molecular weight is 211 g/mol. The molecule has 0 radical (unpaired) electrons. The van der Waals surface area contributed by atoms with Crippen LogP contribution in [0.15, 0.2) is 16.7 Å². The number of halogens is 1. The minimum atomic E-state index is 0.613. The van der Waals surface area contributed by atoms with Crippen LogP contribution in [0.25, 0.3) is 0 Å². The molecule has 0 aliphatic rings. The van der Waals surface area contributed by atoms with Crippen molar-refractivity contribution in [3.8, 4) is 11.8 Å². The Morgan fingerprint density at radius 1 is 1.55 bits per heavy atom. The van der Waals surface area contributed by atoms with Gasteiger partial charge in [-0.15, -0.1) is 0 Å². The molecule has 56 valence electrons. The summed E-state index contributed by atoms with van der Waals surface area (Å²) in [6.45, 7) is 1.75. The Morgan fingerprint density at radius 3 is 2.91 bits per heavy atom. The molecule has 0 aromatic carbocycles. The maximum Gasteiger partial charge on any atom is 0.137 e. The molecule has 1 aromatic heterocycles. The highest BCUT2D eigenvalue weighted by Gasteiger charge is 1.96. The second kappa shape index (κ2) is 3.40. The standard InChI is InChI=1S/C8H7BrN2/c1-2-3-7-6(10)4-5-8(9)11-7/h4-5H,10H2,1H3. The summed E-state index contributed by atoms with van der Waals surface area (Å²) in [6, 6.07) is 3.56. The largest absolute Gasteiger partial charge is 0.396 e. The molecule has 0 atom stereocenters. The van der Waals surface area contributed by atoms with Crippen LogP contribution < -0.4 is 5.73 Å². The summed E-state index contributed by atoms with van der Waals surface area (Å²) in [5.41, 5.74) is 6.83. The van der Waals surface area contributed by atoms with Crippen molar-refractivity contribution in [3.63, 3.8) is 0 Å². The third-order valence-electron chi connectivity index (χ3n) is 1.14. The van der Waals surface area contributed by atoms with Crippen molar-refractivity contribution < 1.29 is 0 Å². The molecular formula is C8H7BrN2. The summed E-state index contributed by atoms with van der Waals surface area (Å²) in [6.07, 6.45) is 0. The third kappa shape index (κ3) is 1.95. The first kappa shape index (κ1) is 8.09. The minimum Gasteiger partial charge on any atom is -0.396 e. The third-order valence-corrected chi connectivity index (χ3v) is 1.58. The van der Waals surface area contributed by atoms with Gasteiger partial charge in [0.15, 0.2) is 0 Å². The van der Waals surface area contributed by atoms with E-state index in [-0.39, 0.29) is 0 Å². The van der Waals surface area contributed by atoms with E-state index in [1.54, 1.807) is 19.1 Å². The zero-order valence-electron chi connectivity index (χ0n) is 6.06. The molecule has 0 aliphatic carbocycles. The molecule has 0 bridgehead atoms. The lowest BCUT2D eigenvalue weighted by Crippen LogP contribution is -1.93. The highest BCUT2D eigenvalue weighted by molar-refractivity contribution is 9.10. The van der Waals surface area contributed by atoms with Crippen LogP contribution in [0.5, 0.6) is 0 Å². The van der Waals surface area contributed by atoms with Gasteiger partial charge in [-0.3, -0.25) is 0 Å². The van der Waals surface area contributed by atoms with Crippen molar-refractivity contribution in [2.24, 2.45) is 0 Å². The SMILES string of the molecule is CC#Cc1nc(Br)ccc1N. The molecule has 2 nitrogen and oxygen atoms in total. The fourth-order valence-electron chi connectivity index (χ4n) is 0.665. The first-order chi connectivity index (χ1) is 5.24. The smallest absolute Gasteiger partial charge is 0.137 e. The molecule has 0 saturated heterocycles. The molecule has 0 spiro atoms. The van der Waals surface area contributed by atoms with Gasteiger partial charge in [0, 0.05) is 0 Å². The molecule has 0 saturated carbocycles. The number of hydrogen-bond donors (Lipinski definition) is 1. The second-order valence-corrected chi connectivity index (χ2v) is 2.76. The molecule has 1 aromatic rings. The first-order valence-electron chi connectivity index (χ1n) is 3.09. The van der Waals surface area contributed by atoms with Crippen molar-refractivity contribution in [1.82, 2.24) is 4.98 Å². The predicted molar refractivity (Wildman–Crippen MR) is 48.9 cm³/mol. The lowest BCUT2D eigenvalue weighted by atomic mass is 10.3. The fraction of sp³-hybridized carbons (Fsp3) is 0.125. The zero-order chi connectivity index (χ0) is 8.27. The van der Waals surface area contributed by atoms with Crippen LogP contribution in [0.2, 0.25) is 0 Å². The number of anilines is 1. The van der Waals surface area contributed by atoms with E-state index in [1.807, 2.05) is 0 Å². The quantitative estimate of drug-likeness (QED) is 0.524. The lowest BCUT2D eigenvalue weighted by molar-refractivity contribution is 1.24. The van der Waals surface area contributed by atoms with E-state index in [1.165, 1.54) is 0 Å². The van der Waals surface area contributed by atoms with E-state index >= 15 is 0 Å². The molecule has 3 heteroatoms. The van der Waals surface area contributed by atoms with Gasteiger partial charge >= 0.3 is 0 Å². The van der Waals surface area contributed by atoms with E-state index in [9.17, 15) is 0 Å². The van der Waals surface area contributed by atoms with Gasteiger partial charge in [0.25, 0.3) is 0 Å². The number of nitrogens with zero attached hydrogens (tertiary/aromatic N) is 1. The van der Waals surface area contributed by atoms with Gasteiger partial charge < -0.3 is 5.73 Å². The van der Waals surface area contributed by atoms with Gasteiger partial charge in [-0.05, 0) is 40.9 Å². The van der Waals surface area contributed by atoms with Gasteiger partial charge in [0.1, 0.15) is 10.3 Å². The molecule has 2 N–H and O–H groups in total. The van der Waals surface area contributed by atoms with Crippen molar-refractivity contribution in [2.75, 3.05) is 5.73 Å². The van der Waals surface area contributed by atoms with Gasteiger partial charge in [0.2, 0.25) is 0 Å². The van der Waals surface area contributed by atoms with Crippen LogP contribution in [-0.4, -0.2) is 4.98 Å². The molecular weight excluding hydrogens is 204 g/mol. The normalized spacial score (nSPS) is 8.55.